The summed E-state index contributed by atoms with van der Waals surface area (Å²) in [4.78, 5) is 12.8. The smallest absolute Gasteiger partial charge is 0.278 e. The fraction of sp³-hybridized carbons (Fsp3) is 0.182. The number of carbonyl (C=O) groups excluding carboxylic acids is 1. The van der Waals surface area contributed by atoms with Gasteiger partial charge >= 0.3 is 0 Å². The Labute approximate surface area is 183 Å². The molecular weight excluding hydrogens is 418 g/mol. The van der Waals surface area contributed by atoms with E-state index in [1.165, 1.54) is 0 Å². The minimum absolute atomic E-state index is 0.153. The summed E-state index contributed by atoms with van der Waals surface area (Å²) in [5.74, 6) is 0.323. The third-order valence-electron chi connectivity index (χ3n) is 4.84. The molecule has 0 atom stereocenters. The topological polar surface area (TPSA) is 90.6 Å². The highest BCUT2D eigenvalue weighted by atomic mass is 35.5. The molecule has 0 saturated carbocycles. The predicted octanol–water partition coefficient (Wildman–Crippen LogP) is 4.16. The van der Waals surface area contributed by atoms with Gasteiger partial charge in [-0.15, -0.1) is 10.2 Å². The first kappa shape index (κ1) is 20.8. The number of aryl methyl sites for hydroxylation is 1. The van der Waals surface area contributed by atoms with Crippen LogP contribution in [0, 0.1) is 6.92 Å². The Balaban J connectivity index is 1.79. The largest absolute Gasteiger partial charge is 0.497 e. The monoisotopic (exact) mass is 437 g/mol. The molecule has 0 aliphatic rings. The van der Waals surface area contributed by atoms with Gasteiger partial charge in [0, 0.05) is 7.11 Å². The molecule has 0 aliphatic carbocycles. The Morgan fingerprint density at radius 1 is 1.10 bits per heavy atom. The van der Waals surface area contributed by atoms with E-state index in [1.807, 2.05) is 24.3 Å². The molecule has 31 heavy (non-hydrogen) atoms. The number of halogens is 1. The molecule has 0 unspecified atom stereocenters. The Kier molecular flexibility index (Phi) is 5.83. The highest BCUT2D eigenvalue weighted by molar-refractivity contribution is 6.33. The van der Waals surface area contributed by atoms with E-state index >= 15 is 0 Å². The lowest BCUT2D eigenvalue weighted by Gasteiger charge is -2.09. The average molecular weight is 438 g/mol. The van der Waals surface area contributed by atoms with E-state index in [-0.39, 0.29) is 12.3 Å². The summed E-state index contributed by atoms with van der Waals surface area (Å²) in [7, 11) is 3.22. The maximum absolute atomic E-state index is 12.8. The third-order valence-corrected chi connectivity index (χ3v) is 5.17. The Hall–Kier alpha value is -3.49. The minimum Gasteiger partial charge on any atom is -0.497 e. The highest BCUT2D eigenvalue weighted by Gasteiger charge is 2.22. The second-order valence-corrected chi connectivity index (χ2v) is 7.19. The number of hydrogen-bond acceptors (Lipinski definition) is 6. The fourth-order valence-electron chi connectivity index (χ4n) is 3.29. The van der Waals surface area contributed by atoms with Crippen LogP contribution in [0.15, 0.2) is 48.5 Å². The van der Waals surface area contributed by atoms with Gasteiger partial charge in [0.2, 0.25) is 0 Å². The SMILES string of the molecule is COCc1nn2c(C)c(C(=O)Nc3ccccc3Cl)nnc2c1-c1ccc(OC)cc1. The average Bonchev–Trinajstić information content (AvgIpc) is 3.15. The summed E-state index contributed by atoms with van der Waals surface area (Å²) < 4.78 is 12.2. The lowest BCUT2D eigenvalue weighted by molar-refractivity contribution is 0.102. The van der Waals surface area contributed by atoms with Crippen molar-refractivity contribution < 1.29 is 14.3 Å². The number of nitrogens with one attached hydrogen (secondary N) is 1. The molecule has 0 fully saturated rings. The number of carbonyl (C=O) groups is 1. The van der Waals surface area contributed by atoms with Gasteiger partial charge in [-0.05, 0) is 36.8 Å². The molecule has 1 N–H and O–H groups in total. The molecule has 4 rings (SSSR count). The number of methoxy groups -OCH3 is 2. The first-order chi connectivity index (χ1) is 15.0. The fourth-order valence-corrected chi connectivity index (χ4v) is 3.48. The lowest BCUT2D eigenvalue weighted by atomic mass is 10.1. The number of rotatable bonds is 6. The molecule has 0 aliphatic heterocycles. The van der Waals surface area contributed by atoms with Crippen LogP contribution in [-0.4, -0.2) is 39.9 Å². The van der Waals surface area contributed by atoms with Crippen molar-refractivity contribution >= 4 is 28.8 Å². The summed E-state index contributed by atoms with van der Waals surface area (Å²) in [6.45, 7) is 2.05. The number of amides is 1. The third kappa shape index (κ3) is 3.95. The van der Waals surface area contributed by atoms with Gasteiger partial charge < -0.3 is 14.8 Å². The van der Waals surface area contributed by atoms with Crippen LogP contribution in [0.4, 0.5) is 5.69 Å². The maximum atomic E-state index is 12.8. The van der Waals surface area contributed by atoms with E-state index in [0.717, 1.165) is 16.9 Å². The van der Waals surface area contributed by atoms with Crippen LogP contribution in [0.5, 0.6) is 5.75 Å². The van der Waals surface area contributed by atoms with E-state index in [1.54, 1.807) is 49.9 Å². The number of benzene rings is 2. The molecular formula is C22H20ClN5O3. The van der Waals surface area contributed by atoms with Crippen LogP contribution < -0.4 is 10.1 Å². The van der Waals surface area contributed by atoms with Crippen LogP contribution >= 0.6 is 11.6 Å². The number of para-hydroxylation sites is 1. The molecule has 2 aromatic heterocycles. The molecule has 1 amide bonds. The summed E-state index contributed by atoms with van der Waals surface area (Å²) in [6, 6.07) is 14.6. The van der Waals surface area contributed by atoms with Crippen molar-refractivity contribution in [3.63, 3.8) is 0 Å². The highest BCUT2D eigenvalue weighted by Crippen LogP contribution is 2.30. The zero-order valence-electron chi connectivity index (χ0n) is 17.2. The first-order valence-electron chi connectivity index (χ1n) is 9.47. The number of anilines is 1. The van der Waals surface area contributed by atoms with Gasteiger partial charge in [-0.2, -0.15) is 5.10 Å². The zero-order valence-corrected chi connectivity index (χ0v) is 18.0. The Bertz CT molecular complexity index is 1250. The van der Waals surface area contributed by atoms with Crippen LogP contribution in [0.1, 0.15) is 21.9 Å². The second kappa shape index (κ2) is 8.71. The molecule has 2 aromatic carbocycles. The van der Waals surface area contributed by atoms with E-state index in [2.05, 4.69) is 20.6 Å². The van der Waals surface area contributed by atoms with E-state index < -0.39 is 5.91 Å². The molecule has 9 heteroatoms. The lowest BCUT2D eigenvalue weighted by Crippen LogP contribution is -2.18. The molecule has 158 valence electrons. The normalized spacial score (nSPS) is 11.0. The van der Waals surface area contributed by atoms with Crippen molar-refractivity contribution in [1.82, 2.24) is 19.8 Å². The predicted molar refractivity (Wildman–Crippen MR) is 118 cm³/mol. The minimum atomic E-state index is -0.421. The van der Waals surface area contributed by atoms with Crippen molar-refractivity contribution in [1.29, 1.82) is 0 Å². The van der Waals surface area contributed by atoms with E-state index in [9.17, 15) is 4.79 Å². The number of fused-ring (bicyclic) bond motifs is 1. The Morgan fingerprint density at radius 2 is 1.84 bits per heavy atom. The molecule has 8 nitrogen and oxygen atoms in total. The second-order valence-electron chi connectivity index (χ2n) is 6.79. The zero-order chi connectivity index (χ0) is 22.0. The van der Waals surface area contributed by atoms with Gasteiger partial charge in [0.1, 0.15) is 5.75 Å². The van der Waals surface area contributed by atoms with E-state index in [0.29, 0.717) is 27.7 Å². The molecule has 0 bridgehead atoms. The van der Waals surface area contributed by atoms with Gasteiger partial charge in [0.15, 0.2) is 11.3 Å². The van der Waals surface area contributed by atoms with Crippen molar-refractivity contribution in [2.24, 2.45) is 0 Å². The van der Waals surface area contributed by atoms with Crippen LogP contribution in [-0.2, 0) is 11.3 Å². The first-order valence-corrected chi connectivity index (χ1v) is 9.85. The maximum Gasteiger partial charge on any atom is 0.278 e. The number of ether oxygens (including phenoxy) is 2. The van der Waals surface area contributed by atoms with Crippen LogP contribution in [0.3, 0.4) is 0 Å². The summed E-state index contributed by atoms with van der Waals surface area (Å²) in [5.41, 5.74) is 4.10. The van der Waals surface area contributed by atoms with Crippen molar-refractivity contribution in [3.05, 3.63) is 70.6 Å². The van der Waals surface area contributed by atoms with Gasteiger partial charge in [-0.1, -0.05) is 35.9 Å². The van der Waals surface area contributed by atoms with Gasteiger partial charge in [-0.3, -0.25) is 4.79 Å². The molecule has 0 radical (unpaired) electrons. The molecule has 4 aromatic rings. The van der Waals surface area contributed by atoms with Crippen molar-refractivity contribution in [3.8, 4) is 16.9 Å². The van der Waals surface area contributed by atoms with Crippen LogP contribution in [0.2, 0.25) is 5.02 Å². The van der Waals surface area contributed by atoms with Crippen molar-refractivity contribution in [2.45, 2.75) is 13.5 Å². The quantitative estimate of drug-likeness (QED) is 0.487. The summed E-state index contributed by atoms with van der Waals surface area (Å²) >= 11 is 6.15. The number of aromatic nitrogens is 4. The number of hydrogen-bond donors (Lipinski definition) is 1. The van der Waals surface area contributed by atoms with Crippen LogP contribution in [0.25, 0.3) is 16.8 Å². The van der Waals surface area contributed by atoms with Gasteiger partial charge in [0.25, 0.3) is 5.91 Å². The Morgan fingerprint density at radius 3 is 2.52 bits per heavy atom. The van der Waals surface area contributed by atoms with Crippen molar-refractivity contribution in [2.75, 3.05) is 19.5 Å². The summed E-state index contributed by atoms with van der Waals surface area (Å²) in [5, 5.41) is 16.4. The molecule has 2 heterocycles. The number of nitrogens with zero attached hydrogens (tertiary/aromatic N) is 4. The standard InChI is InChI=1S/C22H20ClN5O3/c1-13-20(22(29)24-17-7-5-4-6-16(17)23)25-26-21-19(18(12-30-2)27-28(13)21)14-8-10-15(31-3)11-9-14/h4-11H,12H2,1-3H3,(H,24,29). The van der Waals surface area contributed by atoms with E-state index in [4.69, 9.17) is 21.1 Å². The van der Waals surface area contributed by atoms with Gasteiger partial charge in [-0.25, -0.2) is 4.52 Å². The summed E-state index contributed by atoms with van der Waals surface area (Å²) in [6.07, 6.45) is 0. The molecule has 0 saturated heterocycles. The molecule has 0 spiro atoms. The van der Waals surface area contributed by atoms with Gasteiger partial charge in [0.05, 0.1) is 41.4 Å².